The lowest BCUT2D eigenvalue weighted by Gasteiger charge is -2.15. The molecular formula is C19H25F3N2O2. The van der Waals surface area contributed by atoms with Gasteiger partial charge in [0.05, 0.1) is 5.56 Å². The van der Waals surface area contributed by atoms with Crippen LogP contribution < -0.4 is 10.2 Å². The molecule has 1 aromatic carbocycles. The number of hydrogen-bond donors (Lipinski definition) is 2. The van der Waals surface area contributed by atoms with E-state index >= 15 is 0 Å². The Bertz CT molecular complexity index is 689. The molecule has 0 saturated heterocycles. The van der Waals surface area contributed by atoms with E-state index in [4.69, 9.17) is 9.94 Å². The molecule has 144 valence electrons. The summed E-state index contributed by atoms with van der Waals surface area (Å²) in [7, 11) is 1.36. The highest BCUT2D eigenvalue weighted by Crippen LogP contribution is 2.37. The van der Waals surface area contributed by atoms with Gasteiger partial charge in [-0.3, -0.25) is 15.7 Å². The summed E-state index contributed by atoms with van der Waals surface area (Å²) >= 11 is 0. The second kappa shape index (κ2) is 10.0. The molecule has 4 nitrogen and oxygen atoms in total. The molecule has 0 heterocycles. The lowest BCUT2D eigenvalue weighted by molar-refractivity contribution is -0.138. The number of alkyl halides is 3. The largest absolute Gasteiger partial charge is 0.489 e. The molecular weight excluding hydrogens is 345 g/mol. The Morgan fingerprint density at radius 3 is 2.46 bits per heavy atom. The Morgan fingerprint density at radius 2 is 1.92 bits per heavy atom. The molecule has 1 rings (SSSR count). The number of allylic oxidation sites excluding steroid dienone is 3. The van der Waals surface area contributed by atoms with E-state index in [1.54, 1.807) is 11.6 Å². The second-order valence-electron chi connectivity index (χ2n) is 6.07. The van der Waals surface area contributed by atoms with Gasteiger partial charge < -0.3 is 4.74 Å². The second-order valence-corrected chi connectivity index (χ2v) is 6.07. The van der Waals surface area contributed by atoms with Crippen LogP contribution in [0.2, 0.25) is 0 Å². The highest BCUT2D eigenvalue weighted by atomic mass is 19.4. The highest BCUT2D eigenvalue weighted by Gasteiger charge is 2.35. The summed E-state index contributed by atoms with van der Waals surface area (Å²) in [5.74, 6) is -0.319. The van der Waals surface area contributed by atoms with Crippen LogP contribution in [0.3, 0.4) is 0 Å². The summed E-state index contributed by atoms with van der Waals surface area (Å²) in [5.41, 5.74) is 3.26. The minimum atomic E-state index is -4.58. The maximum Gasteiger partial charge on any atom is 0.419 e. The zero-order valence-electron chi connectivity index (χ0n) is 15.4. The van der Waals surface area contributed by atoms with E-state index in [2.05, 4.69) is 11.1 Å². The minimum Gasteiger partial charge on any atom is -0.489 e. The molecule has 0 amide bonds. The molecule has 26 heavy (non-hydrogen) atoms. The van der Waals surface area contributed by atoms with Crippen molar-refractivity contribution in [3.05, 3.63) is 52.6 Å². The van der Waals surface area contributed by atoms with Gasteiger partial charge >= 0.3 is 6.18 Å². The number of ether oxygens (including phenoxy) is 1. The molecule has 0 bridgehead atoms. The van der Waals surface area contributed by atoms with E-state index in [9.17, 15) is 13.2 Å². The molecule has 2 N–H and O–H groups in total. The Hall–Kier alpha value is -2.28. The smallest absolute Gasteiger partial charge is 0.419 e. The molecule has 7 heteroatoms. The molecule has 1 aromatic rings. The highest BCUT2D eigenvalue weighted by molar-refractivity contribution is 5.98. The number of hydrogen-bond acceptors (Lipinski definition) is 3. The fraction of sp³-hybridized carbons (Fsp3) is 0.421. The SMILES string of the molecule is CN=C(NO)c1ccc(OC/C=C(\C)CCC=C(C)C)c(C(F)(F)F)c1. The predicted octanol–water partition coefficient (Wildman–Crippen LogP) is 5.13. The summed E-state index contributed by atoms with van der Waals surface area (Å²) in [6, 6.07) is 3.53. The summed E-state index contributed by atoms with van der Waals surface area (Å²) in [6.45, 7) is 6.01. The number of hydroxylamine groups is 1. The van der Waals surface area contributed by atoms with E-state index < -0.39 is 11.7 Å². The zero-order valence-corrected chi connectivity index (χ0v) is 15.4. The number of halogens is 3. The fourth-order valence-corrected chi connectivity index (χ4v) is 2.23. The van der Waals surface area contributed by atoms with Crippen molar-refractivity contribution in [2.75, 3.05) is 13.7 Å². The number of rotatable bonds is 7. The van der Waals surface area contributed by atoms with Gasteiger partial charge in [0.1, 0.15) is 12.4 Å². The minimum absolute atomic E-state index is 0.0516. The average molecular weight is 370 g/mol. The predicted molar refractivity (Wildman–Crippen MR) is 96.7 cm³/mol. The number of nitrogens with zero attached hydrogens (tertiary/aromatic N) is 1. The summed E-state index contributed by atoms with van der Waals surface area (Å²) in [4.78, 5) is 3.69. The first kappa shape index (κ1) is 21.8. The van der Waals surface area contributed by atoms with Crippen LogP contribution in [0.5, 0.6) is 5.75 Å². The molecule has 0 radical (unpaired) electrons. The molecule has 0 atom stereocenters. The van der Waals surface area contributed by atoms with E-state index in [1.807, 2.05) is 20.8 Å². The van der Waals surface area contributed by atoms with Gasteiger partial charge in [0.2, 0.25) is 0 Å². The molecule has 0 fully saturated rings. The number of amidine groups is 1. The van der Waals surface area contributed by atoms with Crippen molar-refractivity contribution in [2.24, 2.45) is 4.99 Å². The molecule has 0 aliphatic rings. The Kier molecular flexibility index (Phi) is 8.38. The first-order chi connectivity index (χ1) is 12.2. The van der Waals surface area contributed by atoms with Gasteiger partial charge in [-0.25, -0.2) is 0 Å². The first-order valence-corrected chi connectivity index (χ1v) is 8.19. The summed E-state index contributed by atoms with van der Waals surface area (Å²) < 4.78 is 45.2. The van der Waals surface area contributed by atoms with Crippen LogP contribution in [0.15, 0.2) is 46.5 Å². The molecule has 0 unspecified atom stereocenters. The van der Waals surface area contributed by atoms with E-state index in [1.165, 1.54) is 24.8 Å². The van der Waals surface area contributed by atoms with Gasteiger partial charge in [-0.1, -0.05) is 17.2 Å². The Morgan fingerprint density at radius 1 is 1.23 bits per heavy atom. The lowest BCUT2D eigenvalue weighted by Crippen LogP contribution is -2.21. The standard InChI is InChI=1S/C19H25F3N2O2/c1-13(2)6-5-7-14(3)10-11-26-17-9-8-15(18(23-4)24-25)12-16(17)19(20,21)22/h6,8-10,12,25H,5,7,11H2,1-4H3,(H,23,24)/b14-10+. The van der Waals surface area contributed by atoms with Crippen molar-refractivity contribution in [3.63, 3.8) is 0 Å². The van der Waals surface area contributed by atoms with Crippen molar-refractivity contribution in [1.82, 2.24) is 5.48 Å². The Labute approximate surface area is 152 Å². The average Bonchev–Trinajstić information content (AvgIpc) is 2.55. The molecule has 0 aliphatic carbocycles. The number of benzene rings is 1. The molecule has 0 aliphatic heterocycles. The lowest BCUT2D eigenvalue weighted by atomic mass is 10.1. The third-order valence-corrected chi connectivity index (χ3v) is 3.65. The van der Waals surface area contributed by atoms with Crippen molar-refractivity contribution in [3.8, 4) is 5.75 Å². The molecule has 0 aromatic heterocycles. The van der Waals surface area contributed by atoms with Crippen LogP contribution in [0.4, 0.5) is 13.2 Å². The van der Waals surface area contributed by atoms with Crippen molar-refractivity contribution >= 4 is 5.84 Å². The van der Waals surface area contributed by atoms with Crippen LogP contribution in [-0.2, 0) is 6.18 Å². The van der Waals surface area contributed by atoms with Gasteiger partial charge in [0, 0.05) is 12.6 Å². The van der Waals surface area contributed by atoms with Crippen LogP contribution in [0.25, 0.3) is 0 Å². The van der Waals surface area contributed by atoms with Crippen LogP contribution in [-0.4, -0.2) is 24.7 Å². The quantitative estimate of drug-likeness (QED) is 0.303. The van der Waals surface area contributed by atoms with E-state index in [0.717, 1.165) is 24.5 Å². The monoisotopic (exact) mass is 370 g/mol. The van der Waals surface area contributed by atoms with Gasteiger partial charge in [0.15, 0.2) is 5.84 Å². The van der Waals surface area contributed by atoms with Gasteiger partial charge in [-0.15, -0.1) is 0 Å². The maximum absolute atomic E-state index is 13.3. The third-order valence-electron chi connectivity index (χ3n) is 3.65. The Balaban J connectivity index is 2.91. The van der Waals surface area contributed by atoms with Gasteiger partial charge in [-0.05, 0) is 57.9 Å². The third kappa shape index (κ3) is 6.92. The molecule has 0 saturated carbocycles. The first-order valence-electron chi connectivity index (χ1n) is 8.19. The van der Waals surface area contributed by atoms with Crippen molar-refractivity contribution in [1.29, 1.82) is 0 Å². The van der Waals surface area contributed by atoms with Crippen LogP contribution in [0, 0.1) is 0 Å². The van der Waals surface area contributed by atoms with Crippen molar-refractivity contribution < 1.29 is 23.1 Å². The van der Waals surface area contributed by atoms with Crippen LogP contribution >= 0.6 is 0 Å². The topological polar surface area (TPSA) is 53.9 Å². The normalized spacial score (nSPS) is 12.8. The van der Waals surface area contributed by atoms with Crippen molar-refractivity contribution in [2.45, 2.75) is 39.8 Å². The number of aliphatic imine (C=N–C) groups is 1. The van der Waals surface area contributed by atoms with Gasteiger partial charge in [-0.2, -0.15) is 13.2 Å². The van der Waals surface area contributed by atoms with Gasteiger partial charge in [0.25, 0.3) is 0 Å². The number of nitrogens with one attached hydrogen (secondary N) is 1. The fourth-order valence-electron chi connectivity index (χ4n) is 2.23. The zero-order chi connectivity index (χ0) is 19.7. The van der Waals surface area contributed by atoms with E-state index in [-0.39, 0.29) is 23.8 Å². The summed E-state index contributed by atoms with van der Waals surface area (Å²) in [5, 5.41) is 8.94. The van der Waals surface area contributed by atoms with Crippen LogP contribution in [0.1, 0.15) is 44.7 Å². The molecule has 0 spiro atoms. The van der Waals surface area contributed by atoms with E-state index in [0.29, 0.717) is 0 Å². The summed E-state index contributed by atoms with van der Waals surface area (Å²) in [6.07, 6.45) is 1.03. The maximum atomic E-state index is 13.3.